The Morgan fingerprint density at radius 1 is 1.26 bits per heavy atom. The van der Waals surface area contributed by atoms with E-state index in [2.05, 4.69) is 4.90 Å². The van der Waals surface area contributed by atoms with Crippen LogP contribution in [0.5, 0.6) is 0 Å². The Hall–Kier alpha value is -1.58. The Bertz CT molecular complexity index is 442. The first-order chi connectivity index (χ1) is 9.16. The van der Waals surface area contributed by atoms with Crippen molar-refractivity contribution in [1.29, 1.82) is 0 Å². The lowest BCUT2D eigenvalue weighted by atomic mass is 10.1. The predicted octanol–water partition coefficient (Wildman–Crippen LogP) is 3.22. The zero-order valence-electron chi connectivity index (χ0n) is 11.1. The molecule has 1 aliphatic rings. The first kappa shape index (κ1) is 13.8. The number of piperidine rings is 1. The van der Waals surface area contributed by atoms with E-state index in [0.29, 0.717) is 18.5 Å². The van der Waals surface area contributed by atoms with Gasteiger partial charge in [-0.25, -0.2) is 4.39 Å². The zero-order valence-corrected chi connectivity index (χ0v) is 11.1. The first-order valence-corrected chi connectivity index (χ1v) is 6.92. The van der Waals surface area contributed by atoms with E-state index in [9.17, 15) is 9.18 Å². The quantitative estimate of drug-likeness (QED) is 0.888. The van der Waals surface area contributed by atoms with Crippen molar-refractivity contribution >= 4 is 11.7 Å². The number of benzene rings is 1. The monoisotopic (exact) mass is 265 g/mol. The number of hydrogen-bond donors (Lipinski definition) is 1. The van der Waals surface area contributed by atoms with Crippen molar-refractivity contribution in [2.75, 3.05) is 18.0 Å². The highest BCUT2D eigenvalue weighted by atomic mass is 19.1. The Morgan fingerprint density at radius 2 is 2.00 bits per heavy atom. The van der Waals surface area contributed by atoms with E-state index in [1.165, 1.54) is 6.42 Å². The normalized spacial score (nSPS) is 15.5. The number of aliphatic carboxylic acids is 1. The SMILES string of the molecule is O=C(O)CCCc1ccc(N2CCCCC2)c(F)c1. The fourth-order valence-corrected chi connectivity index (χ4v) is 2.54. The number of carboxylic acids is 1. The van der Waals surface area contributed by atoms with E-state index < -0.39 is 5.97 Å². The van der Waals surface area contributed by atoms with E-state index in [0.717, 1.165) is 31.5 Å². The number of aryl methyl sites for hydroxylation is 1. The van der Waals surface area contributed by atoms with Crippen LogP contribution in [0.2, 0.25) is 0 Å². The maximum atomic E-state index is 14.1. The summed E-state index contributed by atoms with van der Waals surface area (Å²) in [5.41, 5.74) is 1.56. The summed E-state index contributed by atoms with van der Waals surface area (Å²) in [5.74, 6) is -0.986. The van der Waals surface area contributed by atoms with Gasteiger partial charge in [-0.05, 0) is 49.8 Å². The molecule has 0 amide bonds. The highest BCUT2D eigenvalue weighted by Crippen LogP contribution is 2.24. The summed E-state index contributed by atoms with van der Waals surface area (Å²) in [5, 5.41) is 8.58. The first-order valence-electron chi connectivity index (χ1n) is 6.92. The molecule has 0 spiro atoms. The summed E-state index contributed by atoms with van der Waals surface area (Å²) < 4.78 is 14.1. The van der Waals surface area contributed by atoms with Crippen molar-refractivity contribution in [2.45, 2.75) is 38.5 Å². The highest BCUT2D eigenvalue weighted by Gasteiger charge is 2.14. The summed E-state index contributed by atoms with van der Waals surface area (Å²) in [6.07, 6.45) is 4.78. The topological polar surface area (TPSA) is 40.5 Å². The third-order valence-electron chi connectivity index (χ3n) is 3.56. The van der Waals surface area contributed by atoms with E-state index in [4.69, 9.17) is 5.11 Å². The molecule has 104 valence electrons. The molecule has 0 aromatic heterocycles. The van der Waals surface area contributed by atoms with Crippen molar-refractivity contribution < 1.29 is 14.3 Å². The van der Waals surface area contributed by atoms with Gasteiger partial charge in [0.1, 0.15) is 5.82 Å². The van der Waals surface area contributed by atoms with Crippen LogP contribution in [-0.4, -0.2) is 24.2 Å². The summed E-state index contributed by atoms with van der Waals surface area (Å²) >= 11 is 0. The smallest absolute Gasteiger partial charge is 0.303 e. The molecule has 4 heteroatoms. The second-order valence-electron chi connectivity index (χ2n) is 5.08. The minimum atomic E-state index is -0.801. The molecule has 1 aromatic rings. The number of nitrogens with zero attached hydrogens (tertiary/aromatic N) is 1. The summed E-state index contributed by atoms with van der Waals surface area (Å²) in [7, 11) is 0. The predicted molar refractivity (Wildman–Crippen MR) is 73.0 cm³/mol. The zero-order chi connectivity index (χ0) is 13.7. The largest absolute Gasteiger partial charge is 0.481 e. The van der Waals surface area contributed by atoms with Gasteiger partial charge < -0.3 is 10.0 Å². The van der Waals surface area contributed by atoms with Gasteiger partial charge in [-0.2, -0.15) is 0 Å². The lowest BCUT2D eigenvalue weighted by molar-refractivity contribution is -0.137. The summed E-state index contributed by atoms with van der Waals surface area (Å²) in [6, 6.07) is 5.29. The molecule has 3 nitrogen and oxygen atoms in total. The van der Waals surface area contributed by atoms with Crippen LogP contribution in [0.3, 0.4) is 0 Å². The molecule has 0 saturated carbocycles. The number of rotatable bonds is 5. The number of carbonyl (C=O) groups is 1. The molecule has 1 fully saturated rings. The standard InChI is InChI=1S/C15H20FNO2/c16-13-11-12(5-4-6-15(18)19)7-8-14(13)17-9-2-1-3-10-17/h7-8,11H,1-6,9-10H2,(H,18,19). The van der Waals surface area contributed by atoms with Crippen molar-refractivity contribution in [3.05, 3.63) is 29.6 Å². The number of carboxylic acid groups (broad SMARTS) is 1. The Kier molecular flexibility index (Phi) is 4.77. The van der Waals surface area contributed by atoms with Gasteiger partial charge in [0.25, 0.3) is 0 Å². The van der Waals surface area contributed by atoms with Gasteiger partial charge in [-0.15, -0.1) is 0 Å². The molecule has 0 bridgehead atoms. The van der Waals surface area contributed by atoms with Crippen molar-refractivity contribution in [1.82, 2.24) is 0 Å². The molecule has 0 unspecified atom stereocenters. The van der Waals surface area contributed by atoms with Crippen LogP contribution >= 0.6 is 0 Å². The van der Waals surface area contributed by atoms with Crippen LogP contribution in [0.25, 0.3) is 0 Å². The maximum absolute atomic E-state index is 14.1. The second-order valence-corrected chi connectivity index (χ2v) is 5.08. The average Bonchev–Trinajstić information content (AvgIpc) is 2.39. The van der Waals surface area contributed by atoms with Crippen molar-refractivity contribution in [3.63, 3.8) is 0 Å². The van der Waals surface area contributed by atoms with Gasteiger partial charge in [0, 0.05) is 19.5 Å². The molecular formula is C15H20FNO2. The second kappa shape index (κ2) is 6.55. The fraction of sp³-hybridized carbons (Fsp3) is 0.533. The van der Waals surface area contributed by atoms with Crippen molar-refractivity contribution in [3.8, 4) is 0 Å². The molecule has 1 heterocycles. The van der Waals surface area contributed by atoms with Crippen LogP contribution in [0.4, 0.5) is 10.1 Å². The van der Waals surface area contributed by atoms with Gasteiger partial charge in [0.2, 0.25) is 0 Å². The van der Waals surface area contributed by atoms with Crippen molar-refractivity contribution in [2.24, 2.45) is 0 Å². The van der Waals surface area contributed by atoms with Crippen LogP contribution in [0.1, 0.15) is 37.7 Å². The Labute approximate surface area is 113 Å². The molecule has 1 aromatic carbocycles. The van der Waals surface area contributed by atoms with Crippen LogP contribution in [0.15, 0.2) is 18.2 Å². The molecule has 2 rings (SSSR count). The van der Waals surface area contributed by atoms with Gasteiger partial charge in [0.05, 0.1) is 5.69 Å². The highest BCUT2D eigenvalue weighted by molar-refractivity contribution is 5.66. The maximum Gasteiger partial charge on any atom is 0.303 e. The Morgan fingerprint density at radius 3 is 2.63 bits per heavy atom. The van der Waals surface area contributed by atoms with E-state index in [1.807, 2.05) is 12.1 Å². The number of halogens is 1. The molecule has 0 aliphatic carbocycles. The van der Waals surface area contributed by atoms with E-state index in [-0.39, 0.29) is 12.2 Å². The van der Waals surface area contributed by atoms with Crippen LogP contribution in [-0.2, 0) is 11.2 Å². The number of hydrogen-bond acceptors (Lipinski definition) is 2. The third-order valence-corrected chi connectivity index (χ3v) is 3.56. The summed E-state index contributed by atoms with van der Waals surface area (Å²) in [6.45, 7) is 1.85. The average molecular weight is 265 g/mol. The lowest BCUT2D eigenvalue weighted by Crippen LogP contribution is -2.30. The molecule has 1 saturated heterocycles. The molecule has 1 N–H and O–H groups in total. The molecule has 19 heavy (non-hydrogen) atoms. The molecule has 0 radical (unpaired) electrons. The Balaban J connectivity index is 1.98. The fourth-order valence-electron chi connectivity index (χ4n) is 2.54. The van der Waals surface area contributed by atoms with E-state index in [1.54, 1.807) is 6.07 Å². The third kappa shape index (κ3) is 3.94. The van der Waals surface area contributed by atoms with Crippen LogP contribution < -0.4 is 4.90 Å². The van der Waals surface area contributed by atoms with Gasteiger partial charge >= 0.3 is 5.97 Å². The van der Waals surface area contributed by atoms with Gasteiger partial charge in [-0.1, -0.05) is 6.07 Å². The van der Waals surface area contributed by atoms with Gasteiger partial charge in [0.15, 0.2) is 0 Å². The van der Waals surface area contributed by atoms with Crippen LogP contribution in [0, 0.1) is 5.82 Å². The minimum Gasteiger partial charge on any atom is -0.481 e. The summed E-state index contributed by atoms with van der Waals surface area (Å²) in [4.78, 5) is 12.5. The molecule has 0 atom stereocenters. The molecular weight excluding hydrogens is 245 g/mol. The van der Waals surface area contributed by atoms with E-state index >= 15 is 0 Å². The molecule has 1 aliphatic heterocycles. The minimum absolute atomic E-state index is 0.134. The number of anilines is 1. The lowest BCUT2D eigenvalue weighted by Gasteiger charge is -2.29. The van der Waals surface area contributed by atoms with Gasteiger partial charge in [-0.3, -0.25) is 4.79 Å².